The minimum atomic E-state index is -0.678. The van der Waals surface area contributed by atoms with Crippen LogP contribution in [0, 0.1) is 33.5 Å². The number of fused-ring (bicyclic) bond motifs is 4. The third-order valence-corrected chi connectivity index (χ3v) is 14.5. The van der Waals surface area contributed by atoms with Crippen LogP contribution in [0.1, 0.15) is 117 Å². The van der Waals surface area contributed by atoms with E-state index in [0.717, 1.165) is 49.7 Å². The van der Waals surface area contributed by atoms with E-state index in [1.807, 2.05) is 60.7 Å². The Morgan fingerprint density at radius 2 is 1.00 bits per heavy atom. The first kappa shape index (κ1) is 40.5. The summed E-state index contributed by atoms with van der Waals surface area (Å²) in [5.74, 6) is -0.609. The van der Waals surface area contributed by atoms with Gasteiger partial charge in [0.1, 0.15) is 47.0 Å². The van der Waals surface area contributed by atoms with Gasteiger partial charge < -0.3 is 19.7 Å². The van der Waals surface area contributed by atoms with Gasteiger partial charge in [0.05, 0.1) is 0 Å². The maximum absolute atomic E-state index is 13.7. The molecule has 2 N–H and O–H groups in total. The number of carbonyl (C=O) groups is 2. The SMILES string of the molecule is C/C(O)=C(/C=N[C@@H](c1ccccc1)[C@@H](N=C/C(C(=O)OC1CC2CCC1(C)C2(C)C)=C(/C)O)c1ccccc1)C(=O)OC1CC2CCC1(C)C2(C)C.[Co]. The zero-order chi connectivity index (χ0) is 37.6. The first-order chi connectivity index (χ1) is 24.5. The number of aliphatic hydroxyl groups is 2. The van der Waals surface area contributed by atoms with E-state index in [1.54, 1.807) is 0 Å². The van der Waals surface area contributed by atoms with E-state index in [4.69, 9.17) is 19.5 Å². The quantitative estimate of drug-likeness (QED) is 0.102. The zero-order valence-electron chi connectivity index (χ0n) is 32.4. The van der Waals surface area contributed by atoms with Crippen LogP contribution < -0.4 is 0 Å². The molecule has 8 atom stereocenters. The van der Waals surface area contributed by atoms with E-state index >= 15 is 0 Å². The van der Waals surface area contributed by atoms with Crippen LogP contribution in [0.25, 0.3) is 0 Å². The average molecular weight is 768 g/mol. The zero-order valence-corrected chi connectivity index (χ0v) is 33.4. The fourth-order valence-electron chi connectivity index (χ4n) is 9.90. The van der Waals surface area contributed by atoms with Gasteiger partial charge in [-0.05, 0) is 86.2 Å². The number of allylic oxidation sites excluding steroid dienone is 2. The van der Waals surface area contributed by atoms with Crippen molar-refractivity contribution in [3.8, 4) is 0 Å². The van der Waals surface area contributed by atoms with E-state index in [9.17, 15) is 19.8 Å². The molecule has 2 aromatic rings. The molecule has 0 aliphatic heterocycles. The first-order valence-corrected chi connectivity index (χ1v) is 18.9. The number of nitrogens with zero attached hydrogens (tertiary/aromatic N) is 2. The Kier molecular flexibility index (Phi) is 11.6. The molecule has 6 rings (SSSR count). The molecule has 4 bridgehead atoms. The molecule has 0 spiro atoms. The summed E-state index contributed by atoms with van der Waals surface area (Å²) in [4.78, 5) is 37.3. The van der Waals surface area contributed by atoms with Crippen LogP contribution in [0.4, 0.5) is 0 Å². The Hall–Kier alpha value is -3.69. The third kappa shape index (κ3) is 7.16. The van der Waals surface area contributed by atoms with Crippen LogP contribution in [-0.2, 0) is 35.8 Å². The topological polar surface area (TPSA) is 118 Å². The Morgan fingerprint density at radius 1 is 0.660 bits per heavy atom. The van der Waals surface area contributed by atoms with Crippen molar-refractivity contribution in [1.82, 2.24) is 0 Å². The second-order valence-electron chi connectivity index (χ2n) is 17.3. The Bertz CT molecular complexity index is 1660. The Balaban J connectivity index is 0.00000541. The van der Waals surface area contributed by atoms with E-state index in [1.165, 1.54) is 26.3 Å². The number of aliphatic imine (C=N–C) groups is 2. The molecular weight excluding hydrogens is 711 g/mol. The molecule has 9 heteroatoms. The molecule has 1 radical (unpaired) electrons. The van der Waals surface area contributed by atoms with Crippen molar-refractivity contribution in [2.45, 2.75) is 118 Å². The predicted octanol–water partition coefficient (Wildman–Crippen LogP) is 9.79. The molecule has 287 valence electrons. The molecule has 4 aliphatic rings. The van der Waals surface area contributed by atoms with Gasteiger partial charge in [-0.15, -0.1) is 0 Å². The van der Waals surface area contributed by atoms with Crippen LogP contribution >= 0.6 is 0 Å². The summed E-state index contributed by atoms with van der Waals surface area (Å²) in [6.07, 6.45) is 8.15. The van der Waals surface area contributed by atoms with Crippen LogP contribution in [0.3, 0.4) is 0 Å². The second kappa shape index (κ2) is 15.2. The van der Waals surface area contributed by atoms with Crippen LogP contribution in [0.2, 0.25) is 0 Å². The monoisotopic (exact) mass is 767 g/mol. The number of hydrogen-bond acceptors (Lipinski definition) is 8. The number of hydrogen-bond donors (Lipinski definition) is 2. The molecule has 8 nitrogen and oxygen atoms in total. The van der Waals surface area contributed by atoms with E-state index in [0.29, 0.717) is 11.8 Å². The van der Waals surface area contributed by atoms with E-state index in [-0.39, 0.29) is 73.3 Å². The smallest absolute Gasteiger partial charge is 0.343 e. The summed E-state index contributed by atoms with van der Waals surface area (Å²) < 4.78 is 12.3. The molecule has 4 fully saturated rings. The van der Waals surface area contributed by atoms with Crippen LogP contribution in [-0.4, -0.2) is 46.8 Å². The van der Waals surface area contributed by atoms with Crippen molar-refractivity contribution in [1.29, 1.82) is 0 Å². The summed E-state index contributed by atoms with van der Waals surface area (Å²) in [7, 11) is 0. The number of benzene rings is 2. The van der Waals surface area contributed by atoms with Gasteiger partial charge in [0.2, 0.25) is 0 Å². The summed E-state index contributed by atoms with van der Waals surface area (Å²) >= 11 is 0. The maximum atomic E-state index is 13.7. The number of esters is 2. The van der Waals surface area contributed by atoms with E-state index < -0.39 is 24.0 Å². The molecular formula is C44H56CoN2O6. The molecule has 4 saturated carbocycles. The molecule has 0 amide bonds. The van der Waals surface area contributed by atoms with Crippen molar-refractivity contribution in [2.75, 3.05) is 0 Å². The van der Waals surface area contributed by atoms with Crippen molar-refractivity contribution in [3.05, 3.63) is 94.5 Å². The van der Waals surface area contributed by atoms with Crippen molar-refractivity contribution < 1.29 is 46.1 Å². The van der Waals surface area contributed by atoms with Crippen LogP contribution in [0.5, 0.6) is 0 Å². The maximum Gasteiger partial charge on any atom is 0.343 e. The first-order valence-electron chi connectivity index (χ1n) is 18.9. The fourth-order valence-corrected chi connectivity index (χ4v) is 9.90. The number of rotatable bonds is 11. The third-order valence-electron chi connectivity index (χ3n) is 14.5. The van der Waals surface area contributed by atoms with Crippen molar-refractivity contribution in [3.63, 3.8) is 0 Å². The molecule has 0 aromatic heterocycles. The fraction of sp³-hybridized carbons (Fsp3) is 0.545. The minimum Gasteiger partial charge on any atom is -0.512 e. The average Bonchev–Trinajstić information content (AvgIpc) is 3.62. The second-order valence-corrected chi connectivity index (χ2v) is 17.3. The molecule has 4 aliphatic carbocycles. The normalized spacial score (nSPS) is 31.5. The molecule has 0 heterocycles. The predicted molar refractivity (Wildman–Crippen MR) is 204 cm³/mol. The number of ether oxygens (including phenoxy) is 2. The minimum absolute atomic E-state index is 0. The van der Waals surface area contributed by atoms with Gasteiger partial charge in [-0.3, -0.25) is 9.98 Å². The standard InChI is InChI=1S/C44H56N2O6.Co/c1-27(47)33(39(49)51-35-23-31-19-21-43(35,7)41(31,3)4)25-45-37(29-15-11-9-12-16-29)38(30-17-13-10-14-18-30)46-26-34(28(2)48)40(50)52-36-24-32-20-22-44(36,8)42(32,5)6;/h9-18,25-26,31-32,35-38,47-48H,19-24H2,1-8H3;/b33-27+,34-28+,45-25?,46-26?;/t31?,32?,35?,36?,37-,38-,43?,44?;/m0./s1. The Morgan fingerprint density at radius 3 is 1.26 bits per heavy atom. The van der Waals surface area contributed by atoms with Gasteiger partial charge in [-0.2, -0.15) is 0 Å². The molecule has 53 heavy (non-hydrogen) atoms. The summed E-state index contributed by atoms with van der Waals surface area (Å²) in [5.41, 5.74) is 1.42. The molecule has 0 saturated heterocycles. The number of carbonyl (C=O) groups excluding carboxylic acids is 2. The van der Waals surface area contributed by atoms with Crippen molar-refractivity contribution in [2.24, 2.45) is 43.5 Å². The van der Waals surface area contributed by atoms with Gasteiger partial charge in [0, 0.05) is 40.0 Å². The van der Waals surface area contributed by atoms with Crippen LogP contribution in [0.15, 0.2) is 93.3 Å². The largest absolute Gasteiger partial charge is 0.512 e. The molecule has 2 aromatic carbocycles. The van der Waals surface area contributed by atoms with Gasteiger partial charge in [0.15, 0.2) is 0 Å². The summed E-state index contributed by atoms with van der Waals surface area (Å²) in [5, 5.41) is 21.5. The summed E-state index contributed by atoms with van der Waals surface area (Å²) in [6.45, 7) is 16.4. The molecule has 6 unspecified atom stereocenters. The summed E-state index contributed by atoms with van der Waals surface area (Å²) in [6, 6.07) is 17.8. The van der Waals surface area contributed by atoms with Crippen molar-refractivity contribution >= 4 is 24.4 Å². The van der Waals surface area contributed by atoms with Gasteiger partial charge in [-0.25, -0.2) is 9.59 Å². The van der Waals surface area contributed by atoms with Gasteiger partial charge >= 0.3 is 11.9 Å². The van der Waals surface area contributed by atoms with Gasteiger partial charge in [0.25, 0.3) is 0 Å². The van der Waals surface area contributed by atoms with E-state index in [2.05, 4.69) is 41.5 Å². The van der Waals surface area contributed by atoms with Gasteiger partial charge in [-0.1, -0.05) is 102 Å². The Labute approximate surface area is 325 Å². The number of aliphatic hydroxyl groups excluding tert-OH is 2.